The third-order valence-corrected chi connectivity index (χ3v) is 2.96. The van der Waals surface area contributed by atoms with Crippen LogP contribution in [0, 0.1) is 6.92 Å². The quantitative estimate of drug-likeness (QED) is 0.901. The number of aromatic nitrogens is 1. The summed E-state index contributed by atoms with van der Waals surface area (Å²) < 4.78 is 10.3. The first-order chi connectivity index (χ1) is 10.0. The van der Waals surface area contributed by atoms with Gasteiger partial charge in [0.25, 0.3) is 5.91 Å². The minimum Gasteiger partial charge on any atom is -0.497 e. The van der Waals surface area contributed by atoms with Crippen LogP contribution in [-0.4, -0.2) is 25.1 Å². The van der Waals surface area contributed by atoms with Gasteiger partial charge in [-0.1, -0.05) is 0 Å². The smallest absolute Gasteiger partial charge is 0.261 e. The highest BCUT2D eigenvalue weighted by Gasteiger charge is 2.13. The lowest BCUT2D eigenvalue weighted by molar-refractivity contribution is 0.102. The molecular weight excluding hydrogens is 272 g/mol. The molecule has 2 aromatic rings. The molecule has 0 unspecified atom stereocenters. The van der Waals surface area contributed by atoms with Crippen LogP contribution in [0.25, 0.3) is 0 Å². The van der Waals surface area contributed by atoms with E-state index in [4.69, 9.17) is 9.47 Å². The predicted octanol–water partition coefficient (Wildman–Crippen LogP) is 1.95. The molecule has 0 radical (unpaired) electrons. The molecule has 0 aliphatic heterocycles. The topological polar surface area (TPSA) is 80.4 Å². The predicted molar refractivity (Wildman–Crippen MR) is 79.3 cm³/mol. The fourth-order valence-electron chi connectivity index (χ4n) is 1.85. The monoisotopic (exact) mass is 288 g/mol. The fourth-order valence-corrected chi connectivity index (χ4v) is 1.85. The summed E-state index contributed by atoms with van der Waals surface area (Å²) in [5.41, 5.74) is 0.813. The van der Waals surface area contributed by atoms with Crippen LogP contribution in [0.3, 0.4) is 0 Å². The molecule has 0 saturated carbocycles. The average Bonchev–Trinajstić information content (AvgIpc) is 2.46. The second kappa shape index (κ2) is 6.13. The van der Waals surface area contributed by atoms with Gasteiger partial charge in [0.05, 0.1) is 19.9 Å². The summed E-state index contributed by atoms with van der Waals surface area (Å²) >= 11 is 0. The van der Waals surface area contributed by atoms with Gasteiger partial charge in [0.2, 0.25) is 0 Å². The number of ether oxygens (including phenoxy) is 2. The lowest BCUT2D eigenvalue weighted by Crippen LogP contribution is -2.21. The Kier molecular flexibility index (Phi) is 4.27. The van der Waals surface area contributed by atoms with Gasteiger partial charge in [-0.3, -0.25) is 9.59 Å². The van der Waals surface area contributed by atoms with Gasteiger partial charge < -0.3 is 19.8 Å². The van der Waals surface area contributed by atoms with E-state index in [1.807, 2.05) is 0 Å². The third-order valence-electron chi connectivity index (χ3n) is 2.96. The first kappa shape index (κ1) is 14.6. The highest BCUT2D eigenvalue weighted by molar-refractivity contribution is 6.04. The van der Waals surface area contributed by atoms with Crippen LogP contribution in [0.4, 0.5) is 5.69 Å². The number of H-pyrrole nitrogens is 1. The molecule has 1 heterocycles. The van der Waals surface area contributed by atoms with Gasteiger partial charge in [-0.15, -0.1) is 0 Å². The molecule has 0 spiro atoms. The van der Waals surface area contributed by atoms with Gasteiger partial charge in [-0.2, -0.15) is 0 Å². The molecule has 0 saturated heterocycles. The van der Waals surface area contributed by atoms with Gasteiger partial charge in [-0.25, -0.2) is 0 Å². The minimum atomic E-state index is -0.511. The van der Waals surface area contributed by atoms with Crippen molar-refractivity contribution < 1.29 is 14.3 Å². The first-order valence-corrected chi connectivity index (χ1v) is 6.28. The Hall–Kier alpha value is -2.76. The molecule has 1 aromatic heterocycles. The molecule has 0 aliphatic rings. The molecule has 0 bridgehead atoms. The van der Waals surface area contributed by atoms with Crippen molar-refractivity contribution in [3.05, 3.63) is 51.9 Å². The van der Waals surface area contributed by atoms with Crippen LogP contribution < -0.4 is 20.2 Å². The maximum atomic E-state index is 12.2. The number of amides is 1. The summed E-state index contributed by atoms with van der Waals surface area (Å²) in [5, 5.41) is 2.65. The minimum absolute atomic E-state index is 0.0328. The van der Waals surface area contributed by atoms with Gasteiger partial charge in [-0.05, 0) is 19.1 Å². The molecular formula is C15H16N2O4. The number of methoxy groups -OCH3 is 2. The van der Waals surface area contributed by atoms with Crippen LogP contribution in [0.5, 0.6) is 11.5 Å². The molecule has 2 N–H and O–H groups in total. The van der Waals surface area contributed by atoms with Crippen LogP contribution in [0.1, 0.15) is 16.1 Å². The van der Waals surface area contributed by atoms with Crippen molar-refractivity contribution in [1.29, 1.82) is 0 Å². The molecule has 1 aromatic carbocycles. The second-order valence-corrected chi connectivity index (χ2v) is 4.41. The Balaban J connectivity index is 2.32. The van der Waals surface area contributed by atoms with Gasteiger partial charge in [0, 0.05) is 24.0 Å². The maximum Gasteiger partial charge on any atom is 0.261 e. The van der Waals surface area contributed by atoms with E-state index in [0.717, 1.165) is 0 Å². The van der Waals surface area contributed by atoms with E-state index in [-0.39, 0.29) is 11.0 Å². The summed E-state index contributed by atoms with van der Waals surface area (Å²) in [6.45, 7) is 1.74. The lowest BCUT2D eigenvalue weighted by atomic mass is 10.2. The maximum absolute atomic E-state index is 12.2. The molecule has 6 heteroatoms. The number of hydrogen-bond acceptors (Lipinski definition) is 4. The normalized spacial score (nSPS) is 10.0. The van der Waals surface area contributed by atoms with Crippen LogP contribution in [0.2, 0.25) is 0 Å². The Bertz CT molecular complexity index is 722. The molecule has 1 amide bonds. The van der Waals surface area contributed by atoms with E-state index in [1.165, 1.54) is 26.5 Å². The molecule has 0 fully saturated rings. The van der Waals surface area contributed by atoms with Crippen LogP contribution in [-0.2, 0) is 0 Å². The fraction of sp³-hybridized carbons (Fsp3) is 0.200. The van der Waals surface area contributed by atoms with Crippen molar-refractivity contribution >= 4 is 11.6 Å². The zero-order valence-electron chi connectivity index (χ0n) is 12.0. The highest BCUT2D eigenvalue weighted by atomic mass is 16.5. The average molecular weight is 288 g/mol. The first-order valence-electron chi connectivity index (χ1n) is 6.28. The van der Waals surface area contributed by atoms with Crippen molar-refractivity contribution in [3.63, 3.8) is 0 Å². The van der Waals surface area contributed by atoms with E-state index >= 15 is 0 Å². The van der Waals surface area contributed by atoms with Crippen molar-refractivity contribution in [2.75, 3.05) is 19.5 Å². The van der Waals surface area contributed by atoms with Crippen molar-refractivity contribution in [2.24, 2.45) is 0 Å². The molecule has 110 valence electrons. The molecule has 6 nitrogen and oxygen atoms in total. The molecule has 0 atom stereocenters. The number of hydrogen-bond donors (Lipinski definition) is 2. The van der Waals surface area contributed by atoms with E-state index in [2.05, 4.69) is 10.3 Å². The van der Waals surface area contributed by atoms with E-state index in [0.29, 0.717) is 22.9 Å². The number of benzene rings is 1. The molecule has 2 rings (SSSR count). The Morgan fingerprint density at radius 1 is 1.19 bits per heavy atom. The second-order valence-electron chi connectivity index (χ2n) is 4.41. The Labute approximate surface area is 121 Å². The summed E-state index contributed by atoms with van der Waals surface area (Å²) in [6, 6.07) is 6.39. The summed E-state index contributed by atoms with van der Waals surface area (Å²) in [7, 11) is 3.02. The summed E-state index contributed by atoms with van der Waals surface area (Å²) in [6.07, 6.45) is 1.39. The van der Waals surface area contributed by atoms with E-state index in [9.17, 15) is 9.59 Å². The van der Waals surface area contributed by atoms with Gasteiger partial charge in [0.1, 0.15) is 17.1 Å². The van der Waals surface area contributed by atoms with Crippen molar-refractivity contribution in [1.82, 2.24) is 4.98 Å². The standard InChI is InChI=1S/C15H16N2O4/c1-9-6-13(18)11(8-16-9)15(19)17-12-7-10(20-2)4-5-14(12)21-3/h4-8H,1-3H3,(H,16,18)(H,17,19). The van der Waals surface area contributed by atoms with Crippen LogP contribution >= 0.6 is 0 Å². The highest BCUT2D eigenvalue weighted by Crippen LogP contribution is 2.29. The van der Waals surface area contributed by atoms with Gasteiger partial charge in [0.15, 0.2) is 5.43 Å². The summed E-state index contributed by atoms with van der Waals surface area (Å²) in [5.74, 6) is 0.541. The zero-order valence-corrected chi connectivity index (χ0v) is 12.0. The van der Waals surface area contributed by atoms with E-state index in [1.54, 1.807) is 25.1 Å². The number of rotatable bonds is 4. The molecule has 0 aliphatic carbocycles. The number of carbonyl (C=O) groups is 1. The van der Waals surface area contributed by atoms with Crippen molar-refractivity contribution in [3.8, 4) is 11.5 Å². The van der Waals surface area contributed by atoms with E-state index < -0.39 is 5.91 Å². The lowest BCUT2D eigenvalue weighted by Gasteiger charge is -2.11. The third kappa shape index (κ3) is 3.22. The largest absolute Gasteiger partial charge is 0.497 e. The zero-order chi connectivity index (χ0) is 15.4. The Morgan fingerprint density at radius 2 is 1.95 bits per heavy atom. The summed E-state index contributed by atoms with van der Waals surface area (Å²) in [4.78, 5) is 26.8. The number of aryl methyl sites for hydroxylation is 1. The number of aromatic amines is 1. The van der Waals surface area contributed by atoms with Gasteiger partial charge >= 0.3 is 0 Å². The molecule has 21 heavy (non-hydrogen) atoms. The Morgan fingerprint density at radius 3 is 2.57 bits per heavy atom. The SMILES string of the molecule is COc1ccc(OC)c(NC(=O)c2c[nH]c(C)cc2=O)c1. The van der Waals surface area contributed by atoms with Crippen LogP contribution in [0.15, 0.2) is 35.3 Å². The number of nitrogens with one attached hydrogen (secondary N) is 2. The number of pyridine rings is 1. The number of carbonyl (C=O) groups excluding carboxylic acids is 1. The van der Waals surface area contributed by atoms with Crippen molar-refractivity contribution in [2.45, 2.75) is 6.92 Å². The number of anilines is 1.